The predicted octanol–water partition coefficient (Wildman–Crippen LogP) is 2.15. The van der Waals surface area contributed by atoms with Gasteiger partial charge in [0.05, 0.1) is 11.1 Å². The molecule has 0 aliphatic carbocycles. The number of carbonyl (C=O) groups excluding carboxylic acids is 1. The number of nitrogens with two attached hydrogens (primary N) is 1. The van der Waals surface area contributed by atoms with E-state index in [1.807, 2.05) is 24.3 Å². The molecule has 2 aromatic heterocycles. The molecule has 0 aliphatic heterocycles. The van der Waals surface area contributed by atoms with E-state index in [1.165, 1.54) is 17.3 Å². The number of carbonyl (C=O) groups is 1. The van der Waals surface area contributed by atoms with Gasteiger partial charge in [0, 0.05) is 12.7 Å². The molecular weight excluding hydrogens is 407 g/mol. The van der Waals surface area contributed by atoms with Crippen molar-refractivity contribution in [2.45, 2.75) is 0 Å². The molecule has 8 heteroatoms. The zero-order valence-electron chi connectivity index (χ0n) is 12.3. The maximum absolute atomic E-state index is 11.8. The average molecular weight is 420 g/mol. The first kappa shape index (κ1) is 15.4. The SMILES string of the molecule is C=CC(=O)N(C)c1cccc(-n2nc(I)c3c(N)ncnc32)c1. The van der Waals surface area contributed by atoms with Crippen molar-refractivity contribution in [3.8, 4) is 5.69 Å². The van der Waals surface area contributed by atoms with Gasteiger partial charge >= 0.3 is 0 Å². The standard InChI is InChI=1S/C15H13IN6O/c1-3-11(23)21(2)9-5-4-6-10(7-9)22-15-12(13(16)20-22)14(17)18-8-19-15/h3-8H,1H2,2H3,(H2,17,18,19). The van der Waals surface area contributed by atoms with Crippen LogP contribution in [0.5, 0.6) is 0 Å². The number of halogens is 1. The van der Waals surface area contributed by atoms with Crippen LogP contribution in [0.4, 0.5) is 11.5 Å². The van der Waals surface area contributed by atoms with Crippen LogP contribution in [-0.2, 0) is 4.79 Å². The molecule has 3 aromatic rings. The Kier molecular flexibility index (Phi) is 3.99. The summed E-state index contributed by atoms with van der Waals surface area (Å²) in [5.74, 6) is 0.203. The zero-order chi connectivity index (χ0) is 16.6. The van der Waals surface area contributed by atoms with Crippen molar-refractivity contribution < 1.29 is 4.79 Å². The van der Waals surface area contributed by atoms with Gasteiger partial charge in [-0.25, -0.2) is 14.6 Å². The Bertz CT molecular complexity index is 919. The maximum Gasteiger partial charge on any atom is 0.250 e. The molecule has 0 aliphatic rings. The average Bonchev–Trinajstić information content (AvgIpc) is 2.92. The fraction of sp³-hybridized carbons (Fsp3) is 0.0667. The number of hydrogen-bond donors (Lipinski definition) is 1. The Morgan fingerprint density at radius 1 is 1.43 bits per heavy atom. The molecule has 0 saturated heterocycles. The third-order valence-electron chi connectivity index (χ3n) is 3.42. The second-order valence-corrected chi connectivity index (χ2v) is 5.80. The van der Waals surface area contributed by atoms with Gasteiger partial charge in [-0.1, -0.05) is 12.6 Å². The summed E-state index contributed by atoms with van der Waals surface area (Å²) in [6.07, 6.45) is 2.68. The van der Waals surface area contributed by atoms with E-state index in [1.54, 1.807) is 11.7 Å². The highest BCUT2D eigenvalue weighted by Gasteiger charge is 2.15. The first-order valence-corrected chi connectivity index (χ1v) is 7.76. The predicted molar refractivity (Wildman–Crippen MR) is 97.4 cm³/mol. The van der Waals surface area contributed by atoms with Crippen LogP contribution in [0.2, 0.25) is 0 Å². The number of nitrogen functional groups attached to an aromatic ring is 1. The van der Waals surface area contributed by atoms with Crippen molar-refractivity contribution >= 4 is 51.0 Å². The van der Waals surface area contributed by atoms with E-state index < -0.39 is 0 Å². The van der Waals surface area contributed by atoms with Crippen LogP contribution >= 0.6 is 22.6 Å². The fourth-order valence-electron chi connectivity index (χ4n) is 2.21. The molecule has 1 amide bonds. The van der Waals surface area contributed by atoms with Crippen LogP contribution in [0.3, 0.4) is 0 Å². The Hall–Kier alpha value is -2.49. The summed E-state index contributed by atoms with van der Waals surface area (Å²) >= 11 is 2.10. The summed E-state index contributed by atoms with van der Waals surface area (Å²) in [6.45, 7) is 3.50. The van der Waals surface area contributed by atoms with Crippen molar-refractivity contribution in [3.63, 3.8) is 0 Å². The number of hydrogen-bond acceptors (Lipinski definition) is 5. The Labute approximate surface area is 146 Å². The minimum absolute atomic E-state index is 0.186. The van der Waals surface area contributed by atoms with Crippen molar-refractivity contribution in [3.05, 3.63) is 46.9 Å². The lowest BCUT2D eigenvalue weighted by molar-refractivity contribution is -0.113. The molecule has 3 rings (SSSR count). The van der Waals surface area contributed by atoms with Gasteiger partial charge < -0.3 is 10.6 Å². The van der Waals surface area contributed by atoms with Gasteiger partial charge in [-0.2, -0.15) is 5.10 Å². The van der Waals surface area contributed by atoms with Crippen LogP contribution in [0, 0.1) is 3.70 Å². The molecule has 1 aromatic carbocycles. The van der Waals surface area contributed by atoms with Gasteiger partial charge in [0.2, 0.25) is 5.91 Å². The molecule has 0 spiro atoms. The normalized spacial score (nSPS) is 10.7. The summed E-state index contributed by atoms with van der Waals surface area (Å²) in [5, 5.41) is 5.20. The lowest BCUT2D eigenvalue weighted by Crippen LogP contribution is -2.23. The fourth-order valence-corrected chi connectivity index (χ4v) is 2.94. The molecule has 116 valence electrons. The van der Waals surface area contributed by atoms with Crippen LogP contribution in [0.15, 0.2) is 43.2 Å². The van der Waals surface area contributed by atoms with Crippen molar-refractivity contribution in [2.24, 2.45) is 0 Å². The number of likely N-dealkylation sites (N-methyl/N-ethyl adjacent to an activating group) is 1. The van der Waals surface area contributed by atoms with E-state index >= 15 is 0 Å². The number of fused-ring (bicyclic) bond motifs is 1. The molecular formula is C15H13IN6O. The number of nitrogens with zero attached hydrogens (tertiary/aromatic N) is 5. The Morgan fingerprint density at radius 3 is 2.96 bits per heavy atom. The highest BCUT2D eigenvalue weighted by atomic mass is 127. The van der Waals surface area contributed by atoms with Gasteiger partial charge in [0.25, 0.3) is 0 Å². The van der Waals surface area contributed by atoms with E-state index in [2.05, 4.69) is 44.2 Å². The topological polar surface area (TPSA) is 89.9 Å². The second-order valence-electron chi connectivity index (χ2n) is 4.78. The number of anilines is 2. The highest BCUT2D eigenvalue weighted by molar-refractivity contribution is 14.1. The lowest BCUT2D eigenvalue weighted by Gasteiger charge is -2.16. The van der Waals surface area contributed by atoms with Gasteiger partial charge in [0.15, 0.2) is 5.65 Å². The van der Waals surface area contributed by atoms with E-state index in [0.29, 0.717) is 16.9 Å². The minimum Gasteiger partial charge on any atom is -0.383 e. The van der Waals surface area contributed by atoms with E-state index in [-0.39, 0.29) is 5.91 Å². The van der Waals surface area contributed by atoms with Crippen LogP contribution in [0.1, 0.15) is 0 Å². The maximum atomic E-state index is 11.8. The van der Waals surface area contributed by atoms with Gasteiger partial charge in [0.1, 0.15) is 15.8 Å². The molecule has 7 nitrogen and oxygen atoms in total. The largest absolute Gasteiger partial charge is 0.383 e. The molecule has 2 N–H and O–H groups in total. The third-order valence-corrected chi connectivity index (χ3v) is 4.17. The molecule has 0 atom stereocenters. The summed E-state index contributed by atoms with van der Waals surface area (Å²) in [5.41, 5.74) is 8.04. The number of amides is 1. The molecule has 0 unspecified atom stereocenters. The molecule has 0 radical (unpaired) electrons. The number of aromatic nitrogens is 4. The lowest BCUT2D eigenvalue weighted by atomic mass is 10.2. The van der Waals surface area contributed by atoms with Crippen LogP contribution in [0.25, 0.3) is 16.7 Å². The molecule has 2 heterocycles. The van der Waals surface area contributed by atoms with Crippen LogP contribution < -0.4 is 10.6 Å². The first-order valence-electron chi connectivity index (χ1n) is 6.68. The van der Waals surface area contributed by atoms with E-state index in [9.17, 15) is 4.79 Å². The quantitative estimate of drug-likeness (QED) is 0.518. The number of rotatable bonds is 3. The summed E-state index contributed by atoms with van der Waals surface area (Å²) < 4.78 is 2.40. The summed E-state index contributed by atoms with van der Waals surface area (Å²) in [4.78, 5) is 21.6. The monoisotopic (exact) mass is 420 g/mol. The third kappa shape index (κ3) is 2.65. The van der Waals surface area contributed by atoms with Gasteiger partial charge in [-0.05, 0) is 46.9 Å². The molecule has 0 fully saturated rings. The Morgan fingerprint density at radius 2 is 2.22 bits per heavy atom. The second kappa shape index (κ2) is 5.95. The van der Waals surface area contributed by atoms with E-state index in [0.717, 1.165) is 15.1 Å². The Balaban J connectivity index is 2.15. The van der Waals surface area contributed by atoms with Crippen LogP contribution in [-0.4, -0.2) is 32.7 Å². The van der Waals surface area contributed by atoms with Crippen molar-refractivity contribution in [2.75, 3.05) is 17.7 Å². The summed E-state index contributed by atoms with van der Waals surface area (Å²) in [7, 11) is 1.69. The summed E-state index contributed by atoms with van der Waals surface area (Å²) in [6, 6.07) is 7.42. The van der Waals surface area contributed by atoms with Crippen molar-refractivity contribution in [1.82, 2.24) is 19.7 Å². The van der Waals surface area contributed by atoms with Gasteiger partial charge in [-0.15, -0.1) is 0 Å². The van der Waals surface area contributed by atoms with E-state index in [4.69, 9.17) is 5.73 Å². The van der Waals surface area contributed by atoms with Gasteiger partial charge in [-0.3, -0.25) is 4.79 Å². The smallest absolute Gasteiger partial charge is 0.250 e. The first-order chi connectivity index (χ1) is 11.0. The number of benzene rings is 1. The molecule has 23 heavy (non-hydrogen) atoms. The van der Waals surface area contributed by atoms with Crippen molar-refractivity contribution in [1.29, 1.82) is 0 Å². The zero-order valence-corrected chi connectivity index (χ0v) is 14.4. The molecule has 0 saturated carbocycles. The molecule has 0 bridgehead atoms. The highest BCUT2D eigenvalue weighted by Crippen LogP contribution is 2.26. The minimum atomic E-state index is -0.186.